The van der Waals surface area contributed by atoms with E-state index < -0.39 is 30.1 Å². The highest BCUT2D eigenvalue weighted by Crippen LogP contribution is 2.36. The van der Waals surface area contributed by atoms with Crippen LogP contribution >= 0.6 is 0 Å². The van der Waals surface area contributed by atoms with Crippen LogP contribution in [0.3, 0.4) is 0 Å². The topological polar surface area (TPSA) is 18.5 Å². The molecular weight excluding hydrogens is 256 g/mol. The molecule has 1 aromatic carbocycles. The first kappa shape index (κ1) is 14.4. The molecule has 2 rings (SSSR count). The van der Waals surface area contributed by atoms with Gasteiger partial charge in [-0.15, -0.1) is 0 Å². The summed E-state index contributed by atoms with van der Waals surface area (Å²) in [5, 5.41) is 0. The van der Waals surface area contributed by atoms with Crippen LogP contribution in [0.2, 0.25) is 0 Å². The van der Waals surface area contributed by atoms with Crippen molar-refractivity contribution < 1.29 is 22.5 Å². The zero-order valence-electron chi connectivity index (χ0n) is 11.3. The molecule has 1 heterocycles. The van der Waals surface area contributed by atoms with Crippen molar-refractivity contribution in [3.63, 3.8) is 0 Å². The third-order valence-corrected chi connectivity index (χ3v) is 3.67. The molecule has 0 N–H and O–H groups in total. The van der Waals surface area contributed by atoms with Crippen molar-refractivity contribution in [2.45, 2.75) is 45.1 Å². The quantitative estimate of drug-likeness (QED) is 0.731. The molecule has 2 nitrogen and oxygen atoms in total. The van der Waals surface area contributed by atoms with Gasteiger partial charge < -0.3 is 9.31 Å². The van der Waals surface area contributed by atoms with Crippen molar-refractivity contribution >= 4 is 12.6 Å². The molecule has 1 aliphatic rings. The Hall–Kier alpha value is -1.01. The minimum absolute atomic E-state index is 0.514. The molecule has 0 aromatic heterocycles. The summed E-state index contributed by atoms with van der Waals surface area (Å²) in [4.78, 5) is 0. The van der Waals surface area contributed by atoms with Gasteiger partial charge in [-0.1, -0.05) is 12.1 Å². The molecule has 1 fully saturated rings. The summed E-state index contributed by atoms with van der Waals surface area (Å²) in [5.74, 6) is 0. The van der Waals surface area contributed by atoms with Crippen molar-refractivity contribution in [1.29, 1.82) is 0 Å². The number of hydrogen-bond acceptors (Lipinski definition) is 2. The van der Waals surface area contributed by atoms with Crippen molar-refractivity contribution in [2.24, 2.45) is 0 Å². The monoisotopic (exact) mass is 271 g/mol. The fourth-order valence-corrected chi connectivity index (χ4v) is 1.74. The smallest absolute Gasteiger partial charge is 0.399 e. The molecule has 6 heteroatoms. The first-order chi connectivity index (χ1) is 8.53. The van der Waals surface area contributed by atoms with Gasteiger partial charge in [0, 0.05) is 0 Å². The molecule has 0 amide bonds. The summed E-state index contributed by atoms with van der Waals surface area (Å²) >= 11 is 0. The van der Waals surface area contributed by atoms with E-state index in [0.29, 0.717) is 5.46 Å². The van der Waals surface area contributed by atoms with Crippen molar-refractivity contribution in [1.82, 2.24) is 0 Å². The molecule has 19 heavy (non-hydrogen) atoms. The van der Waals surface area contributed by atoms with E-state index in [1.165, 1.54) is 12.1 Å². The Balaban J connectivity index is 2.22. The maximum atomic E-state index is 12.4. The predicted octanol–water partition coefficient (Wildman–Crippen LogP) is 2.80. The molecule has 0 spiro atoms. The highest BCUT2D eigenvalue weighted by Gasteiger charge is 2.51. The zero-order valence-corrected chi connectivity index (χ0v) is 11.3. The summed E-state index contributed by atoms with van der Waals surface area (Å²) in [5.41, 5.74) is -1.29. The second-order valence-corrected chi connectivity index (χ2v) is 5.62. The van der Waals surface area contributed by atoms with Crippen molar-refractivity contribution in [3.8, 4) is 0 Å². The van der Waals surface area contributed by atoms with Gasteiger partial charge in [0.1, 0.15) is 0 Å². The van der Waals surface area contributed by atoms with Gasteiger partial charge in [-0.25, -0.2) is 0 Å². The number of rotatable bonds is 1. The van der Waals surface area contributed by atoms with Gasteiger partial charge in [-0.3, -0.25) is 0 Å². The Morgan fingerprint density at radius 3 is 1.95 bits per heavy atom. The van der Waals surface area contributed by atoms with E-state index in [-0.39, 0.29) is 0 Å². The van der Waals surface area contributed by atoms with Crippen LogP contribution in [0, 0.1) is 6.07 Å². The molecule has 0 atom stereocenters. The van der Waals surface area contributed by atoms with Crippen LogP contribution in [0.25, 0.3) is 0 Å². The molecule has 0 bridgehead atoms. The second kappa shape index (κ2) is 4.25. The van der Waals surface area contributed by atoms with Gasteiger partial charge in [0.2, 0.25) is 0 Å². The maximum Gasteiger partial charge on any atom is 0.494 e. The van der Waals surface area contributed by atoms with Crippen LogP contribution in [0.5, 0.6) is 0 Å². The lowest BCUT2D eigenvalue weighted by atomic mass is 9.79. The number of halogens is 3. The van der Waals surface area contributed by atoms with Crippen LogP contribution in [-0.4, -0.2) is 18.3 Å². The summed E-state index contributed by atoms with van der Waals surface area (Å²) < 4.78 is 48.9. The lowest BCUT2D eigenvalue weighted by Gasteiger charge is -2.32. The van der Waals surface area contributed by atoms with E-state index in [0.717, 1.165) is 6.07 Å². The van der Waals surface area contributed by atoms with Gasteiger partial charge in [0.25, 0.3) is 0 Å². The van der Waals surface area contributed by atoms with Crippen molar-refractivity contribution in [3.05, 3.63) is 29.8 Å². The van der Waals surface area contributed by atoms with Crippen LogP contribution in [0.15, 0.2) is 18.2 Å². The highest BCUT2D eigenvalue weighted by atomic mass is 19.4. The average molecular weight is 271 g/mol. The minimum atomic E-state index is -4.38. The van der Waals surface area contributed by atoms with Crippen LogP contribution in [0.4, 0.5) is 13.2 Å². The third kappa shape index (κ3) is 2.65. The van der Waals surface area contributed by atoms with Gasteiger partial charge in [-0.05, 0) is 45.3 Å². The molecule has 0 unspecified atom stereocenters. The molecule has 1 radical (unpaired) electrons. The normalized spacial score (nSPS) is 21.7. The summed E-state index contributed by atoms with van der Waals surface area (Å²) in [7, 11) is -0.663. The lowest BCUT2D eigenvalue weighted by Crippen LogP contribution is -2.41. The van der Waals surface area contributed by atoms with Gasteiger partial charge in [0.05, 0.1) is 16.8 Å². The van der Waals surface area contributed by atoms with E-state index in [1.54, 1.807) is 0 Å². The van der Waals surface area contributed by atoms with E-state index in [1.807, 2.05) is 27.7 Å². The number of hydrogen-bond donors (Lipinski definition) is 0. The van der Waals surface area contributed by atoms with E-state index >= 15 is 0 Å². The second-order valence-electron chi connectivity index (χ2n) is 5.62. The molecule has 0 aliphatic carbocycles. The molecule has 1 aromatic rings. The summed E-state index contributed by atoms with van der Waals surface area (Å²) in [6.07, 6.45) is -4.38. The number of benzene rings is 1. The third-order valence-electron chi connectivity index (χ3n) is 3.67. The fourth-order valence-electron chi connectivity index (χ4n) is 1.74. The van der Waals surface area contributed by atoms with Crippen LogP contribution in [-0.2, 0) is 15.5 Å². The van der Waals surface area contributed by atoms with E-state index in [2.05, 4.69) is 6.07 Å². The zero-order chi connectivity index (χ0) is 14.5. The molecule has 103 valence electrons. The number of alkyl halides is 3. The maximum absolute atomic E-state index is 12.4. The molecule has 1 saturated heterocycles. The van der Waals surface area contributed by atoms with Gasteiger partial charge >= 0.3 is 13.3 Å². The Morgan fingerprint density at radius 1 is 1.05 bits per heavy atom. The largest absolute Gasteiger partial charge is 0.494 e. The molecular formula is C13H15BF3O2. The SMILES string of the molecule is CC1(C)OB(c2c[c]c(C(F)(F)F)cc2)OC1(C)C. The fraction of sp³-hybridized carbons (Fsp3) is 0.538. The Labute approximate surface area is 111 Å². The molecule has 1 aliphatic heterocycles. The first-order valence-corrected chi connectivity index (χ1v) is 5.97. The van der Waals surface area contributed by atoms with Crippen LogP contribution in [0.1, 0.15) is 33.3 Å². The Morgan fingerprint density at radius 2 is 1.58 bits per heavy atom. The van der Waals surface area contributed by atoms with E-state index in [4.69, 9.17) is 9.31 Å². The predicted molar refractivity (Wildman–Crippen MR) is 66.0 cm³/mol. The van der Waals surface area contributed by atoms with Crippen LogP contribution < -0.4 is 5.46 Å². The lowest BCUT2D eigenvalue weighted by molar-refractivity contribution is -0.137. The summed E-state index contributed by atoms with van der Waals surface area (Å²) in [6, 6.07) is 5.84. The first-order valence-electron chi connectivity index (χ1n) is 5.97. The van der Waals surface area contributed by atoms with E-state index in [9.17, 15) is 13.2 Å². The molecule has 0 saturated carbocycles. The highest BCUT2D eigenvalue weighted by molar-refractivity contribution is 6.62. The Kier molecular flexibility index (Phi) is 3.22. The Bertz CT molecular complexity index is 450. The minimum Gasteiger partial charge on any atom is -0.399 e. The summed E-state index contributed by atoms with van der Waals surface area (Å²) in [6.45, 7) is 7.56. The van der Waals surface area contributed by atoms with Gasteiger partial charge in [-0.2, -0.15) is 13.2 Å². The van der Waals surface area contributed by atoms with Crippen molar-refractivity contribution in [2.75, 3.05) is 0 Å². The standard InChI is InChI=1S/C13H15BF3O2/c1-11(2)12(3,4)19-14(18-11)10-7-5-9(6-8-10)13(15,16)17/h5,7-8H,1-4H3. The average Bonchev–Trinajstić information content (AvgIpc) is 2.47. The van der Waals surface area contributed by atoms with Gasteiger partial charge in [0.15, 0.2) is 0 Å².